The van der Waals surface area contributed by atoms with Crippen LogP contribution in [0.15, 0.2) is 0 Å². The second kappa shape index (κ2) is 6.86. The average molecular weight is 227 g/mol. The largest absolute Gasteiger partial charge is 0.353 e. The summed E-state index contributed by atoms with van der Waals surface area (Å²) in [6, 6.07) is 0.671. The number of piperidine rings is 1. The van der Waals surface area contributed by atoms with Crippen LogP contribution in [0.1, 0.15) is 39.5 Å². The minimum Gasteiger partial charge on any atom is -0.353 e. The number of nitrogens with two attached hydrogens (primary N) is 1. The van der Waals surface area contributed by atoms with E-state index in [1.807, 2.05) is 6.92 Å². The van der Waals surface area contributed by atoms with E-state index < -0.39 is 0 Å². The molecule has 0 spiro atoms. The highest BCUT2D eigenvalue weighted by atomic mass is 16.2. The molecule has 4 heteroatoms. The zero-order valence-corrected chi connectivity index (χ0v) is 10.5. The topological polar surface area (TPSA) is 58.4 Å². The summed E-state index contributed by atoms with van der Waals surface area (Å²) in [7, 11) is 0. The third kappa shape index (κ3) is 4.10. The van der Waals surface area contributed by atoms with Gasteiger partial charge in [0.2, 0.25) is 5.91 Å². The van der Waals surface area contributed by atoms with Crippen molar-refractivity contribution in [1.82, 2.24) is 10.2 Å². The fourth-order valence-electron chi connectivity index (χ4n) is 2.14. The van der Waals surface area contributed by atoms with Crippen molar-refractivity contribution in [2.75, 3.05) is 19.6 Å². The molecule has 0 radical (unpaired) electrons. The van der Waals surface area contributed by atoms with Crippen molar-refractivity contribution >= 4 is 5.91 Å². The molecular weight excluding hydrogens is 202 g/mol. The number of nitrogens with one attached hydrogen (secondary N) is 1. The lowest BCUT2D eigenvalue weighted by Gasteiger charge is -2.34. The third-order valence-electron chi connectivity index (χ3n) is 3.39. The van der Waals surface area contributed by atoms with Crippen LogP contribution in [0.25, 0.3) is 0 Å². The molecule has 4 nitrogen and oxygen atoms in total. The van der Waals surface area contributed by atoms with Crippen molar-refractivity contribution in [2.45, 2.75) is 51.6 Å². The monoisotopic (exact) mass is 227 g/mol. The Balaban J connectivity index is 2.36. The second-order valence-corrected chi connectivity index (χ2v) is 4.73. The predicted octanol–water partition coefficient (Wildman–Crippen LogP) is 0.714. The molecule has 1 fully saturated rings. The molecule has 0 aromatic carbocycles. The normalized spacial score (nSPS) is 24.1. The Bertz CT molecular complexity index is 220. The molecule has 0 aliphatic carbocycles. The van der Waals surface area contributed by atoms with Crippen LogP contribution in [-0.2, 0) is 4.79 Å². The number of hydrogen-bond donors (Lipinski definition) is 2. The smallest absolute Gasteiger partial charge is 0.234 e. The molecule has 1 aliphatic rings. The fourth-order valence-corrected chi connectivity index (χ4v) is 2.14. The van der Waals surface area contributed by atoms with E-state index in [1.54, 1.807) is 0 Å². The number of hydrogen-bond acceptors (Lipinski definition) is 3. The van der Waals surface area contributed by atoms with Gasteiger partial charge in [-0.15, -0.1) is 0 Å². The van der Waals surface area contributed by atoms with Crippen LogP contribution in [0.4, 0.5) is 0 Å². The summed E-state index contributed by atoms with van der Waals surface area (Å²) in [5.74, 6) is 0.134. The van der Waals surface area contributed by atoms with Crippen molar-refractivity contribution < 1.29 is 4.79 Å². The number of carbonyl (C=O) groups excluding carboxylic acids is 1. The van der Waals surface area contributed by atoms with Crippen LogP contribution in [0.5, 0.6) is 0 Å². The average Bonchev–Trinajstić information content (AvgIpc) is 2.29. The minimum atomic E-state index is 0.134. The molecule has 1 aliphatic heterocycles. The van der Waals surface area contributed by atoms with Crippen LogP contribution in [0, 0.1) is 0 Å². The van der Waals surface area contributed by atoms with Gasteiger partial charge in [0.15, 0.2) is 0 Å². The molecule has 0 aromatic heterocycles. The lowest BCUT2D eigenvalue weighted by atomic mass is 10.0. The van der Waals surface area contributed by atoms with Gasteiger partial charge in [-0.1, -0.05) is 13.3 Å². The van der Waals surface area contributed by atoms with Gasteiger partial charge in [0.25, 0.3) is 0 Å². The number of likely N-dealkylation sites (tertiary alicyclic amines) is 1. The van der Waals surface area contributed by atoms with Crippen LogP contribution in [0.2, 0.25) is 0 Å². The van der Waals surface area contributed by atoms with Gasteiger partial charge in [-0.25, -0.2) is 0 Å². The Morgan fingerprint density at radius 1 is 1.56 bits per heavy atom. The fraction of sp³-hybridized carbons (Fsp3) is 0.917. The van der Waals surface area contributed by atoms with E-state index in [0.717, 1.165) is 19.4 Å². The highest BCUT2D eigenvalue weighted by molar-refractivity contribution is 5.78. The van der Waals surface area contributed by atoms with E-state index in [1.165, 1.54) is 12.8 Å². The first kappa shape index (κ1) is 13.5. The summed E-state index contributed by atoms with van der Waals surface area (Å²) >= 11 is 0. The maximum absolute atomic E-state index is 11.7. The first-order chi connectivity index (χ1) is 7.67. The van der Waals surface area contributed by atoms with Crippen molar-refractivity contribution in [3.05, 3.63) is 0 Å². The van der Waals surface area contributed by atoms with E-state index in [4.69, 9.17) is 5.73 Å². The number of nitrogens with zero attached hydrogens (tertiary/aromatic N) is 1. The third-order valence-corrected chi connectivity index (χ3v) is 3.39. The molecule has 1 amide bonds. The van der Waals surface area contributed by atoms with E-state index in [9.17, 15) is 4.79 Å². The van der Waals surface area contributed by atoms with Gasteiger partial charge in [-0.3, -0.25) is 9.69 Å². The second-order valence-electron chi connectivity index (χ2n) is 4.73. The molecule has 0 saturated carbocycles. The summed E-state index contributed by atoms with van der Waals surface area (Å²) in [5.41, 5.74) is 5.72. The number of rotatable bonds is 5. The Hall–Kier alpha value is -0.610. The van der Waals surface area contributed by atoms with Crippen molar-refractivity contribution in [1.29, 1.82) is 0 Å². The Morgan fingerprint density at radius 3 is 2.94 bits per heavy atom. The quantitative estimate of drug-likeness (QED) is 0.727. The number of carbonyl (C=O) groups is 1. The Labute approximate surface area is 98.6 Å². The highest BCUT2D eigenvalue weighted by Gasteiger charge is 2.23. The molecule has 1 heterocycles. The molecule has 2 atom stereocenters. The van der Waals surface area contributed by atoms with E-state index in [2.05, 4.69) is 17.1 Å². The van der Waals surface area contributed by atoms with Crippen molar-refractivity contribution in [3.8, 4) is 0 Å². The van der Waals surface area contributed by atoms with Gasteiger partial charge < -0.3 is 11.1 Å². The molecule has 0 aromatic rings. The van der Waals surface area contributed by atoms with Crippen LogP contribution < -0.4 is 11.1 Å². The van der Waals surface area contributed by atoms with Gasteiger partial charge in [-0.2, -0.15) is 0 Å². The summed E-state index contributed by atoms with van der Waals surface area (Å²) in [6.07, 6.45) is 4.54. The van der Waals surface area contributed by atoms with E-state index >= 15 is 0 Å². The van der Waals surface area contributed by atoms with Gasteiger partial charge >= 0.3 is 0 Å². The number of amides is 1. The molecule has 1 rings (SSSR count). The van der Waals surface area contributed by atoms with Crippen molar-refractivity contribution in [2.24, 2.45) is 5.73 Å². The summed E-state index contributed by atoms with van der Waals surface area (Å²) in [6.45, 7) is 6.29. The lowest BCUT2D eigenvalue weighted by Crippen LogP contribution is -2.49. The zero-order chi connectivity index (χ0) is 12.0. The van der Waals surface area contributed by atoms with Gasteiger partial charge in [-0.05, 0) is 32.7 Å². The summed E-state index contributed by atoms with van der Waals surface area (Å²) in [5, 5.41) is 3.00. The molecular formula is C12H25N3O. The molecule has 3 N–H and O–H groups in total. The van der Waals surface area contributed by atoms with Gasteiger partial charge in [0.1, 0.15) is 0 Å². The molecule has 94 valence electrons. The Kier molecular flexibility index (Phi) is 5.77. The van der Waals surface area contributed by atoms with Crippen molar-refractivity contribution in [3.63, 3.8) is 0 Å². The molecule has 2 unspecified atom stereocenters. The predicted molar refractivity (Wildman–Crippen MR) is 66.2 cm³/mol. The Morgan fingerprint density at radius 2 is 2.31 bits per heavy atom. The van der Waals surface area contributed by atoms with Gasteiger partial charge in [0, 0.05) is 18.6 Å². The minimum absolute atomic E-state index is 0.134. The summed E-state index contributed by atoms with van der Waals surface area (Å²) < 4.78 is 0. The van der Waals surface area contributed by atoms with Gasteiger partial charge in [0.05, 0.1) is 6.54 Å². The first-order valence-corrected chi connectivity index (χ1v) is 6.40. The zero-order valence-electron chi connectivity index (χ0n) is 10.5. The highest BCUT2D eigenvalue weighted by Crippen LogP contribution is 2.15. The lowest BCUT2D eigenvalue weighted by molar-refractivity contribution is -0.123. The van der Waals surface area contributed by atoms with E-state index in [0.29, 0.717) is 19.1 Å². The standard InChI is InChI=1S/C12H25N3O/c1-3-10(2)14-12(16)9-15-7-5-4-6-11(15)8-13/h10-11H,3-9,13H2,1-2H3,(H,14,16). The molecule has 0 bridgehead atoms. The molecule has 1 saturated heterocycles. The van der Waals surface area contributed by atoms with Crippen LogP contribution >= 0.6 is 0 Å². The van der Waals surface area contributed by atoms with Crippen LogP contribution in [0.3, 0.4) is 0 Å². The van der Waals surface area contributed by atoms with E-state index in [-0.39, 0.29) is 11.9 Å². The SMILES string of the molecule is CCC(C)NC(=O)CN1CCCCC1CN. The first-order valence-electron chi connectivity index (χ1n) is 6.40. The maximum atomic E-state index is 11.7. The van der Waals surface area contributed by atoms with Crippen LogP contribution in [-0.4, -0.2) is 42.5 Å². The maximum Gasteiger partial charge on any atom is 0.234 e. The summed E-state index contributed by atoms with van der Waals surface area (Å²) in [4.78, 5) is 14.0. The molecule has 16 heavy (non-hydrogen) atoms.